The molecule has 4 rings (SSSR count). The SMILES string of the molecule is COc1cc(OC)cc(C(=O)N(Cc2cccc(OCCc3ccsc3)c2)CC2CCCO2)c1. The minimum absolute atomic E-state index is 0.0431. The van der Waals surface area contributed by atoms with Gasteiger partial charge in [0.15, 0.2) is 0 Å². The maximum atomic E-state index is 13.6. The summed E-state index contributed by atoms with van der Waals surface area (Å²) in [6, 6.07) is 15.3. The van der Waals surface area contributed by atoms with Crippen LogP contribution in [0, 0.1) is 0 Å². The van der Waals surface area contributed by atoms with Crippen LogP contribution in [-0.4, -0.2) is 50.9 Å². The molecule has 0 saturated carbocycles. The molecule has 34 heavy (non-hydrogen) atoms. The van der Waals surface area contributed by atoms with Crippen LogP contribution in [0.2, 0.25) is 0 Å². The zero-order valence-electron chi connectivity index (χ0n) is 19.7. The van der Waals surface area contributed by atoms with Crippen molar-refractivity contribution in [3.05, 3.63) is 76.0 Å². The maximum Gasteiger partial charge on any atom is 0.254 e. The van der Waals surface area contributed by atoms with E-state index in [1.807, 2.05) is 29.2 Å². The van der Waals surface area contributed by atoms with E-state index >= 15 is 0 Å². The molecule has 1 saturated heterocycles. The molecule has 1 aliphatic heterocycles. The third kappa shape index (κ3) is 6.52. The molecular formula is C27H31NO5S. The molecule has 0 N–H and O–H groups in total. The third-order valence-electron chi connectivity index (χ3n) is 5.85. The molecule has 3 aromatic rings. The lowest BCUT2D eigenvalue weighted by atomic mass is 10.1. The first-order valence-electron chi connectivity index (χ1n) is 11.5. The fourth-order valence-corrected chi connectivity index (χ4v) is 4.75. The van der Waals surface area contributed by atoms with Gasteiger partial charge in [0.25, 0.3) is 5.91 Å². The predicted octanol–water partition coefficient (Wildman–Crippen LogP) is 5.21. The first kappa shape index (κ1) is 24.1. The van der Waals surface area contributed by atoms with Gasteiger partial charge in [-0.1, -0.05) is 12.1 Å². The summed E-state index contributed by atoms with van der Waals surface area (Å²) < 4.78 is 22.6. The van der Waals surface area contributed by atoms with Crippen molar-refractivity contribution in [3.63, 3.8) is 0 Å². The van der Waals surface area contributed by atoms with Gasteiger partial charge in [0.1, 0.15) is 17.2 Å². The van der Waals surface area contributed by atoms with Crippen molar-refractivity contribution in [1.82, 2.24) is 4.90 Å². The van der Waals surface area contributed by atoms with Crippen LogP contribution in [0.3, 0.4) is 0 Å². The van der Waals surface area contributed by atoms with Crippen molar-refractivity contribution < 1.29 is 23.7 Å². The highest BCUT2D eigenvalue weighted by molar-refractivity contribution is 7.07. The first-order chi connectivity index (χ1) is 16.6. The summed E-state index contributed by atoms with van der Waals surface area (Å²) in [5.74, 6) is 1.89. The van der Waals surface area contributed by atoms with Gasteiger partial charge in [0, 0.05) is 37.7 Å². The summed E-state index contributed by atoms with van der Waals surface area (Å²) in [5, 5.41) is 4.22. The smallest absolute Gasteiger partial charge is 0.254 e. The van der Waals surface area contributed by atoms with E-state index in [1.54, 1.807) is 43.8 Å². The number of hydrogen-bond acceptors (Lipinski definition) is 6. The van der Waals surface area contributed by atoms with Gasteiger partial charge in [-0.05, 0) is 65.1 Å². The van der Waals surface area contributed by atoms with Crippen molar-refractivity contribution in [2.45, 2.75) is 31.9 Å². The molecule has 0 spiro atoms. The van der Waals surface area contributed by atoms with Crippen LogP contribution >= 0.6 is 11.3 Å². The zero-order valence-corrected chi connectivity index (χ0v) is 20.5. The number of carbonyl (C=O) groups excluding carboxylic acids is 1. The molecule has 1 atom stereocenters. The molecule has 0 radical (unpaired) electrons. The fraction of sp³-hybridized carbons (Fsp3) is 0.370. The molecule has 0 aliphatic carbocycles. The van der Waals surface area contributed by atoms with Crippen molar-refractivity contribution >= 4 is 17.2 Å². The Labute approximate surface area is 205 Å². The van der Waals surface area contributed by atoms with Gasteiger partial charge in [-0.15, -0.1) is 0 Å². The molecule has 1 fully saturated rings. The molecule has 2 aromatic carbocycles. The lowest BCUT2D eigenvalue weighted by Crippen LogP contribution is -2.37. The number of amides is 1. The number of ether oxygens (including phenoxy) is 4. The number of rotatable bonds is 11. The Hall–Kier alpha value is -3.03. The van der Waals surface area contributed by atoms with Gasteiger partial charge in [0.2, 0.25) is 0 Å². The van der Waals surface area contributed by atoms with Gasteiger partial charge >= 0.3 is 0 Å². The number of nitrogens with zero attached hydrogens (tertiary/aromatic N) is 1. The van der Waals surface area contributed by atoms with Crippen LogP contribution in [0.4, 0.5) is 0 Å². The van der Waals surface area contributed by atoms with Crippen LogP contribution < -0.4 is 14.2 Å². The number of benzene rings is 2. The summed E-state index contributed by atoms with van der Waals surface area (Å²) in [6.45, 7) is 2.34. The molecule has 180 valence electrons. The largest absolute Gasteiger partial charge is 0.497 e. The number of thiophene rings is 1. The van der Waals surface area contributed by atoms with Crippen LogP contribution in [0.15, 0.2) is 59.3 Å². The predicted molar refractivity (Wildman–Crippen MR) is 133 cm³/mol. The van der Waals surface area contributed by atoms with E-state index in [-0.39, 0.29) is 12.0 Å². The van der Waals surface area contributed by atoms with Gasteiger partial charge in [-0.3, -0.25) is 4.79 Å². The highest BCUT2D eigenvalue weighted by atomic mass is 32.1. The molecular weight excluding hydrogens is 450 g/mol. The van der Waals surface area contributed by atoms with Crippen LogP contribution in [-0.2, 0) is 17.7 Å². The second-order valence-electron chi connectivity index (χ2n) is 8.30. The Bertz CT molecular complexity index is 1040. The second kappa shape index (κ2) is 11.9. The Morgan fingerprint density at radius 3 is 2.56 bits per heavy atom. The Morgan fingerprint density at radius 2 is 1.88 bits per heavy atom. The summed E-state index contributed by atoms with van der Waals surface area (Å²) in [7, 11) is 3.16. The lowest BCUT2D eigenvalue weighted by Gasteiger charge is -2.26. The van der Waals surface area contributed by atoms with Crippen LogP contribution in [0.5, 0.6) is 17.2 Å². The Morgan fingerprint density at radius 1 is 1.06 bits per heavy atom. The third-order valence-corrected chi connectivity index (χ3v) is 6.58. The fourth-order valence-electron chi connectivity index (χ4n) is 4.04. The van der Waals surface area contributed by atoms with Gasteiger partial charge in [-0.2, -0.15) is 11.3 Å². The molecule has 1 aromatic heterocycles. The van der Waals surface area contributed by atoms with Gasteiger partial charge in [-0.25, -0.2) is 0 Å². The van der Waals surface area contributed by atoms with Gasteiger partial charge < -0.3 is 23.8 Å². The topological polar surface area (TPSA) is 57.2 Å². The summed E-state index contributed by atoms with van der Waals surface area (Å²) in [6.07, 6.45) is 2.89. The molecule has 7 heteroatoms. The lowest BCUT2D eigenvalue weighted by molar-refractivity contribution is 0.0506. The first-order valence-corrected chi connectivity index (χ1v) is 12.5. The van der Waals surface area contributed by atoms with Crippen LogP contribution in [0.25, 0.3) is 0 Å². The molecule has 1 unspecified atom stereocenters. The number of methoxy groups -OCH3 is 2. The maximum absolute atomic E-state index is 13.6. The number of hydrogen-bond donors (Lipinski definition) is 0. The van der Waals surface area contributed by atoms with Crippen molar-refractivity contribution in [2.75, 3.05) is 34.0 Å². The van der Waals surface area contributed by atoms with E-state index in [0.717, 1.165) is 37.2 Å². The van der Waals surface area contributed by atoms with Gasteiger partial charge in [0.05, 0.1) is 26.9 Å². The number of carbonyl (C=O) groups is 1. The van der Waals surface area contributed by atoms with E-state index in [1.165, 1.54) is 5.56 Å². The molecule has 6 nitrogen and oxygen atoms in total. The zero-order chi connectivity index (χ0) is 23.8. The van der Waals surface area contributed by atoms with E-state index in [4.69, 9.17) is 18.9 Å². The van der Waals surface area contributed by atoms with E-state index in [9.17, 15) is 4.79 Å². The quantitative estimate of drug-likeness (QED) is 0.376. The van der Waals surface area contributed by atoms with E-state index in [2.05, 4.69) is 16.8 Å². The van der Waals surface area contributed by atoms with Crippen molar-refractivity contribution in [3.8, 4) is 17.2 Å². The molecule has 2 heterocycles. The molecule has 1 aliphatic rings. The minimum Gasteiger partial charge on any atom is -0.497 e. The summed E-state index contributed by atoms with van der Waals surface area (Å²) in [4.78, 5) is 15.4. The average molecular weight is 482 g/mol. The Balaban J connectivity index is 1.49. The summed E-state index contributed by atoms with van der Waals surface area (Å²) in [5.41, 5.74) is 2.81. The molecule has 0 bridgehead atoms. The van der Waals surface area contributed by atoms with E-state index in [0.29, 0.717) is 36.8 Å². The van der Waals surface area contributed by atoms with Crippen molar-refractivity contribution in [1.29, 1.82) is 0 Å². The molecule has 1 amide bonds. The minimum atomic E-state index is -0.0866. The Kier molecular flexibility index (Phi) is 8.44. The average Bonchev–Trinajstić information content (AvgIpc) is 3.58. The van der Waals surface area contributed by atoms with E-state index < -0.39 is 0 Å². The summed E-state index contributed by atoms with van der Waals surface area (Å²) >= 11 is 1.69. The monoisotopic (exact) mass is 481 g/mol. The standard InChI is InChI=1S/C27H31NO5S/c1-30-25-14-22(15-26(16-25)31-2)27(29)28(18-24-7-4-10-32-24)17-21-5-3-6-23(13-21)33-11-8-20-9-12-34-19-20/h3,5-6,9,12-16,19,24H,4,7-8,10-11,17-18H2,1-2H3. The second-order valence-corrected chi connectivity index (χ2v) is 9.08. The van der Waals surface area contributed by atoms with Crippen molar-refractivity contribution in [2.24, 2.45) is 0 Å². The normalized spacial score (nSPS) is 15.2. The highest BCUT2D eigenvalue weighted by Gasteiger charge is 2.24. The van der Waals surface area contributed by atoms with Crippen LogP contribution in [0.1, 0.15) is 34.3 Å². The highest BCUT2D eigenvalue weighted by Crippen LogP contribution is 2.25.